The van der Waals surface area contributed by atoms with Crippen LogP contribution in [-0.4, -0.2) is 23.5 Å². The summed E-state index contributed by atoms with van der Waals surface area (Å²) in [6.45, 7) is 6.15. The van der Waals surface area contributed by atoms with Crippen molar-refractivity contribution < 1.29 is 9.47 Å². The lowest BCUT2D eigenvalue weighted by atomic mass is 10.1. The summed E-state index contributed by atoms with van der Waals surface area (Å²) in [6, 6.07) is 8.15. The van der Waals surface area contributed by atoms with E-state index in [0.717, 1.165) is 41.2 Å². The third-order valence-corrected chi connectivity index (χ3v) is 4.38. The summed E-state index contributed by atoms with van der Waals surface area (Å²) in [7, 11) is 1.72. The van der Waals surface area contributed by atoms with E-state index in [1.165, 1.54) is 5.56 Å². The highest BCUT2D eigenvalue weighted by Gasteiger charge is 2.12. The number of hydrogen-bond acceptors (Lipinski definition) is 3. The van der Waals surface area contributed by atoms with E-state index in [0.29, 0.717) is 6.61 Å². The molecular weight excluding hydrogens is 332 g/mol. The maximum atomic E-state index is 5.87. The molecule has 0 saturated carbocycles. The van der Waals surface area contributed by atoms with Gasteiger partial charge in [0.25, 0.3) is 0 Å². The zero-order valence-electron chi connectivity index (χ0n) is 12.7. The lowest BCUT2D eigenvalue weighted by Gasteiger charge is -2.09. The number of nitrogens with zero attached hydrogens (tertiary/aromatic N) is 2. The summed E-state index contributed by atoms with van der Waals surface area (Å²) in [5.41, 5.74) is 3.31. The van der Waals surface area contributed by atoms with Gasteiger partial charge in [-0.25, -0.2) is 0 Å². The van der Waals surface area contributed by atoms with Crippen LogP contribution in [0.5, 0.6) is 5.75 Å². The van der Waals surface area contributed by atoms with Crippen LogP contribution in [0.2, 0.25) is 0 Å². The Bertz CT molecular complexity index is 579. The van der Waals surface area contributed by atoms with Gasteiger partial charge in [0.05, 0.1) is 22.5 Å². The quantitative estimate of drug-likeness (QED) is 0.761. The van der Waals surface area contributed by atoms with Crippen LogP contribution in [0.15, 0.2) is 28.7 Å². The first-order valence-electron chi connectivity index (χ1n) is 7.08. The van der Waals surface area contributed by atoms with Gasteiger partial charge in [-0.3, -0.25) is 4.68 Å². The zero-order chi connectivity index (χ0) is 15.2. The van der Waals surface area contributed by atoms with E-state index in [-0.39, 0.29) is 0 Å². The maximum Gasteiger partial charge on any atom is 0.131 e. The van der Waals surface area contributed by atoms with Gasteiger partial charge in [-0.1, -0.05) is 12.1 Å². The van der Waals surface area contributed by atoms with Crippen LogP contribution in [0.25, 0.3) is 0 Å². The van der Waals surface area contributed by atoms with E-state index in [1.54, 1.807) is 7.11 Å². The Hall–Kier alpha value is -1.33. The minimum atomic E-state index is 0.507. The Morgan fingerprint density at radius 3 is 2.57 bits per heavy atom. The van der Waals surface area contributed by atoms with Crippen LogP contribution >= 0.6 is 15.9 Å². The first-order valence-corrected chi connectivity index (χ1v) is 7.87. The van der Waals surface area contributed by atoms with Crippen molar-refractivity contribution >= 4 is 15.9 Å². The lowest BCUT2D eigenvalue weighted by Crippen LogP contribution is -2.06. The number of halogens is 1. The van der Waals surface area contributed by atoms with Gasteiger partial charge in [0, 0.05) is 13.7 Å². The minimum absolute atomic E-state index is 0.507. The van der Waals surface area contributed by atoms with Crippen molar-refractivity contribution in [3.8, 4) is 5.75 Å². The fourth-order valence-corrected chi connectivity index (χ4v) is 2.53. The van der Waals surface area contributed by atoms with Gasteiger partial charge in [-0.15, -0.1) is 0 Å². The van der Waals surface area contributed by atoms with E-state index in [2.05, 4.69) is 40.1 Å². The van der Waals surface area contributed by atoms with Crippen molar-refractivity contribution in [2.24, 2.45) is 0 Å². The zero-order valence-corrected chi connectivity index (χ0v) is 14.3. The van der Waals surface area contributed by atoms with Crippen LogP contribution in [0.1, 0.15) is 23.9 Å². The first-order chi connectivity index (χ1) is 10.2. The fourth-order valence-electron chi connectivity index (χ4n) is 2.13. The largest absolute Gasteiger partial charge is 0.487 e. The number of rotatable bonds is 7. The number of aryl methyl sites for hydroxylation is 2. The molecule has 2 rings (SSSR count). The molecule has 21 heavy (non-hydrogen) atoms. The molecule has 0 radical (unpaired) electrons. The molecule has 114 valence electrons. The maximum absolute atomic E-state index is 5.87. The van der Waals surface area contributed by atoms with Crippen LogP contribution < -0.4 is 4.74 Å². The Kier molecular flexibility index (Phi) is 5.82. The highest BCUT2D eigenvalue weighted by molar-refractivity contribution is 9.10. The number of benzene rings is 1. The molecule has 0 spiro atoms. The predicted octanol–water partition coefficient (Wildman–Crippen LogP) is 3.74. The molecule has 0 bridgehead atoms. The number of aromatic nitrogens is 2. The Balaban J connectivity index is 2.00. The molecule has 1 aromatic carbocycles. The molecule has 4 nitrogen and oxygen atoms in total. The molecule has 0 N–H and O–H groups in total. The molecule has 2 aromatic rings. The van der Waals surface area contributed by atoms with Gasteiger partial charge in [0.2, 0.25) is 0 Å². The van der Waals surface area contributed by atoms with Gasteiger partial charge in [0.1, 0.15) is 12.4 Å². The predicted molar refractivity (Wildman–Crippen MR) is 86.7 cm³/mol. The van der Waals surface area contributed by atoms with Crippen LogP contribution in [0, 0.1) is 6.92 Å². The second-order valence-corrected chi connectivity index (χ2v) is 5.63. The third kappa shape index (κ3) is 4.08. The van der Waals surface area contributed by atoms with Gasteiger partial charge < -0.3 is 9.47 Å². The average Bonchev–Trinajstić information content (AvgIpc) is 2.79. The van der Waals surface area contributed by atoms with Crippen LogP contribution in [0.3, 0.4) is 0 Å². The average molecular weight is 353 g/mol. The second-order valence-electron chi connectivity index (χ2n) is 4.84. The summed E-state index contributed by atoms with van der Waals surface area (Å²) in [5, 5.41) is 4.46. The summed E-state index contributed by atoms with van der Waals surface area (Å²) in [4.78, 5) is 0. The highest BCUT2D eigenvalue weighted by Crippen LogP contribution is 2.23. The monoisotopic (exact) mass is 352 g/mol. The number of hydrogen-bond donors (Lipinski definition) is 0. The topological polar surface area (TPSA) is 36.3 Å². The molecule has 0 amide bonds. The van der Waals surface area contributed by atoms with Crippen molar-refractivity contribution in [2.45, 2.75) is 33.4 Å². The first kappa shape index (κ1) is 16.0. The standard InChI is InChI=1S/C16H21BrN2O2/c1-4-19-15(16(17)12(2)18-19)11-21-14-7-5-13(6-8-14)9-10-20-3/h5-8H,4,9-11H2,1-3H3. The van der Waals surface area contributed by atoms with E-state index in [4.69, 9.17) is 9.47 Å². The molecular formula is C16H21BrN2O2. The normalized spacial score (nSPS) is 10.9. The van der Waals surface area contributed by atoms with Crippen molar-refractivity contribution in [1.29, 1.82) is 0 Å². The van der Waals surface area contributed by atoms with Crippen molar-refractivity contribution in [1.82, 2.24) is 9.78 Å². The van der Waals surface area contributed by atoms with Crippen LogP contribution in [0.4, 0.5) is 0 Å². The van der Waals surface area contributed by atoms with Crippen molar-refractivity contribution in [3.05, 3.63) is 45.7 Å². The molecule has 0 aliphatic rings. The Morgan fingerprint density at radius 2 is 1.95 bits per heavy atom. The van der Waals surface area contributed by atoms with Gasteiger partial charge in [-0.2, -0.15) is 5.10 Å². The van der Waals surface area contributed by atoms with E-state index in [9.17, 15) is 0 Å². The third-order valence-electron chi connectivity index (χ3n) is 3.35. The SMILES string of the molecule is CCn1nc(C)c(Br)c1COc1ccc(CCOC)cc1. The number of methoxy groups -OCH3 is 1. The highest BCUT2D eigenvalue weighted by atomic mass is 79.9. The van der Waals surface area contributed by atoms with Gasteiger partial charge in [0.15, 0.2) is 0 Å². The molecule has 0 aliphatic carbocycles. The number of ether oxygens (including phenoxy) is 2. The fraction of sp³-hybridized carbons (Fsp3) is 0.438. The van der Waals surface area contributed by atoms with Crippen molar-refractivity contribution in [3.63, 3.8) is 0 Å². The van der Waals surface area contributed by atoms with Crippen molar-refractivity contribution in [2.75, 3.05) is 13.7 Å². The Morgan fingerprint density at radius 1 is 1.24 bits per heavy atom. The van der Waals surface area contributed by atoms with Crippen LogP contribution in [-0.2, 0) is 24.3 Å². The molecule has 1 heterocycles. The lowest BCUT2D eigenvalue weighted by molar-refractivity contribution is 0.202. The molecule has 5 heteroatoms. The van der Waals surface area contributed by atoms with E-state index >= 15 is 0 Å². The summed E-state index contributed by atoms with van der Waals surface area (Å²) in [5.74, 6) is 0.865. The second kappa shape index (κ2) is 7.61. The molecule has 0 unspecified atom stereocenters. The van der Waals surface area contributed by atoms with E-state index in [1.807, 2.05) is 23.7 Å². The van der Waals surface area contributed by atoms with E-state index < -0.39 is 0 Å². The molecule has 1 aromatic heterocycles. The molecule has 0 aliphatic heterocycles. The Labute approximate surface area is 134 Å². The summed E-state index contributed by atoms with van der Waals surface area (Å²) < 4.78 is 13.9. The van der Waals surface area contributed by atoms with Gasteiger partial charge in [-0.05, 0) is 53.9 Å². The summed E-state index contributed by atoms with van der Waals surface area (Å²) >= 11 is 3.58. The molecule has 0 saturated heterocycles. The smallest absolute Gasteiger partial charge is 0.131 e. The summed E-state index contributed by atoms with van der Waals surface area (Å²) in [6.07, 6.45) is 0.921. The minimum Gasteiger partial charge on any atom is -0.487 e. The molecule has 0 fully saturated rings. The van der Waals surface area contributed by atoms with Gasteiger partial charge >= 0.3 is 0 Å². The molecule has 0 atom stereocenters.